The topological polar surface area (TPSA) is 29.1 Å². The molecule has 0 saturated heterocycles. The summed E-state index contributed by atoms with van der Waals surface area (Å²) in [6.07, 6.45) is 8.27. The molecular weight excluding hydrogens is 242 g/mol. The number of hydrogen-bond donors (Lipinski definition) is 1. The number of amides is 1. The van der Waals surface area contributed by atoms with Gasteiger partial charge in [0.15, 0.2) is 0 Å². The van der Waals surface area contributed by atoms with Crippen LogP contribution in [0.2, 0.25) is 0 Å². The summed E-state index contributed by atoms with van der Waals surface area (Å²) in [5.41, 5.74) is 0. The number of alkyl halides is 1. The zero-order valence-corrected chi connectivity index (χ0v) is 10.1. The summed E-state index contributed by atoms with van der Waals surface area (Å²) >= 11 is 3.63. The van der Waals surface area contributed by atoms with Crippen LogP contribution >= 0.6 is 15.9 Å². The summed E-state index contributed by atoms with van der Waals surface area (Å²) in [6, 6.07) is 0.392. The first-order valence-corrected chi connectivity index (χ1v) is 6.63. The van der Waals surface area contributed by atoms with Crippen molar-refractivity contribution in [2.24, 2.45) is 5.92 Å². The molecule has 2 aliphatic rings. The largest absolute Gasteiger partial charge is 0.352 e. The molecule has 3 heteroatoms. The molecule has 14 heavy (non-hydrogen) atoms. The van der Waals surface area contributed by atoms with Crippen LogP contribution in [0.25, 0.3) is 0 Å². The monoisotopic (exact) mass is 259 g/mol. The molecule has 0 aromatic heterocycles. The van der Waals surface area contributed by atoms with Gasteiger partial charge in [-0.15, -0.1) is 0 Å². The summed E-state index contributed by atoms with van der Waals surface area (Å²) in [5, 5.41) is 3.18. The molecule has 2 atom stereocenters. The zero-order chi connectivity index (χ0) is 9.97. The summed E-state index contributed by atoms with van der Waals surface area (Å²) in [6.45, 7) is 0. The molecule has 0 radical (unpaired) electrons. The molecular formula is C11H18BrNO. The van der Waals surface area contributed by atoms with Gasteiger partial charge >= 0.3 is 0 Å². The lowest BCUT2D eigenvalue weighted by Gasteiger charge is -2.18. The maximum absolute atomic E-state index is 11.8. The van der Waals surface area contributed by atoms with Gasteiger partial charge in [0.1, 0.15) is 0 Å². The van der Waals surface area contributed by atoms with Crippen LogP contribution in [-0.2, 0) is 4.79 Å². The first-order chi connectivity index (χ1) is 6.77. The third-order valence-electron chi connectivity index (χ3n) is 3.49. The van der Waals surface area contributed by atoms with E-state index in [1.54, 1.807) is 0 Å². The molecule has 0 aromatic carbocycles. The molecule has 2 nitrogen and oxygen atoms in total. The van der Waals surface area contributed by atoms with Gasteiger partial charge in [-0.2, -0.15) is 0 Å². The highest BCUT2D eigenvalue weighted by Crippen LogP contribution is 2.28. The van der Waals surface area contributed by atoms with Crippen LogP contribution in [-0.4, -0.2) is 16.8 Å². The molecule has 0 spiro atoms. The molecule has 1 amide bonds. The first kappa shape index (κ1) is 10.5. The van der Waals surface area contributed by atoms with Gasteiger partial charge in [0.25, 0.3) is 0 Å². The lowest BCUT2D eigenvalue weighted by molar-refractivity contribution is -0.125. The van der Waals surface area contributed by atoms with Gasteiger partial charge in [-0.25, -0.2) is 0 Å². The second-order valence-electron chi connectivity index (χ2n) is 4.54. The Morgan fingerprint density at radius 1 is 1.07 bits per heavy atom. The molecule has 80 valence electrons. The number of carbonyl (C=O) groups is 1. The Morgan fingerprint density at radius 2 is 1.79 bits per heavy atom. The number of halogens is 1. The molecule has 0 aromatic rings. The fraction of sp³-hybridized carbons (Fsp3) is 0.909. The number of hydrogen-bond acceptors (Lipinski definition) is 1. The van der Waals surface area contributed by atoms with Crippen LogP contribution in [0, 0.1) is 5.92 Å². The van der Waals surface area contributed by atoms with Gasteiger partial charge in [-0.3, -0.25) is 4.79 Å². The van der Waals surface area contributed by atoms with Gasteiger partial charge in [0, 0.05) is 16.8 Å². The van der Waals surface area contributed by atoms with Gasteiger partial charge < -0.3 is 5.32 Å². The van der Waals surface area contributed by atoms with E-state index >= 15 is 0 Å². The molecule has 2 rings (SSSR count). The van der Waals surface area contributed by atoms with Gasteiger partial charge in [-0.05, 0) is 25.7 Å². The maximum Gasteiger partial charge on any atom is 0.223 e. The van der Waals surface area contributed by atoms with E-state index in [0.717, 1.165) is 19.3 Å². The Morgan fingerprint density at radius 3 is 2.36 bits per heavy atom. The summed E-state index contributed by atoms with van der Waals surface area (Å²) in [5.74, 6) is 0.620. The van der Waals surface area contributed by atoms with Crippen molar-refractivity contribution in [2.45, 2.75) is 55.8 Å². The van der Waals surface area contributed by atoms with Gasteiger partial charge in [-0.1, -0.05) is 35.2 Å². The smallest absolute Gasteiger partial charge is 0.223 e. The quantitative estimate of drug-likeness (QED) is 0.760. The standard InChI is InChI=1S/C11H18BrNO/c12-9-6-3-7-10(9)13-11(14)8-4-1-2-5-8/h8-10H,1-7H2,(H,13,14). The fourth-order valence-corrected chi connectivity index (χ4v) is 3.29. The van der Waals surface area contributed by atoms with E-state index in [4.69, 9.17) is 0 Å². The van der Waals surface area contributed by atoms with Crippen LogP contribution in [0.4, 0.5) is 0 Å². The Balaban J connectivity index is 1.81. The van der Waals surface area contributed by atoms with E-state index in [2.05, 4.69) is 21.2 Å². The molecule has 0 aliphatic heterocycles. The van der Waals surface area contributed by atoms with E-state index < -0.39 is 0 Å². The highest BCUT2D eigenvalue weighted by atomic mass is 79.9. The molecule has 1 N–H and O–H groups in total. The second-order valence-corrected chi connectivity index (χ2v) is 5.72. The minimum atomic E-state index is 0.304. The molecule has 2 fully saturated rings. The molecule has 2 aliphatic carbocycles. The highest BCUT2D eigenvalue weighted by molar-refractivity contribution is 9.09. The summed E-state index contributed by atoms with van der Waals surface area (Å²) in [4.78, 5) is 12.3. The molecule has 0 bridgehead atoms. The minimum absolute atomic E-state index is 0.304. The number of rotatable bonds is 2. The van der Waals surface area contributed by atoms with Crippen molar-refractivity contribution < 1.29 is 4.79 Å². The van der Waals surface area contributed by atoms with Crippen molar-refractivity contribution in [1.29, 1.82) is 0 Å². The predicted molar refractivity (Wildman–Crippen MR) is 60.5 cm³/mol. The average Bonchev–Trinajstić information content (AvgIpc) is 2.77. The van der Waals surface area contributed by atoms with Crippen molar-refractivity contribution in [2.75, 3.05) is 0 Å². The third kappa shape index (κ3) is 2.30. The lowest BCUT2D eigenvalue weighted by Crippen LogP contribution is -2.40. The predicted octanol–water partition coefficient (Wildman–Crippen LogP) is 2.61. The van der Waals surface area contributed by atoms with Crippen molar-refractivity contribution in [1.82, 2.24) is 5.32 Å². The van der Waals surface area contributed by atoms with Gasteiger partial charge in [0.2, 0.25) is 5.91 Å². The maximum atomic E-state index is 11.8. The SMILES string of the molecule is O=C(NC1CCCC1Br)C1CCCC1. The van der Waals surface area contributed by atoms with Crippen molar-refractivity contribution in [3.63, 3.8) is 0 Å². The van der Waals surface area contributed by atoms with E-state index in [-0.39, 0.29) is 0 Å². The summed E-state index contributed by atoms with van der Waals surface area (Å²) < 4.78 is 0. The van der Waals surface area contributed by atoms with Crippen LogP contribution in [0.15, 0.2) is 0 Å². The van der Waals surface area contributed by atoms with Crippen molar-refractivity contribution >= 4 is 21.8 Å². The van der Waals surface area contributed by atoms with Crippen LogP contribution < -0.4 is 5.32 Å². The minimum Gasteiger partial charge on any atom is -0.352 e. The Kier molecular flexibility index (Phi) is 3.47. The van der Waals surface area contributed by atoms with E-state index in [0.29, 0.717) is 22.7 Å². The molecule has 0 heterocycles. The van der Waals surface area contributed by atoms with Crippen LogP contribution in [0.3, 0.4) is 0 Å². The van der Waals surface area contributed by atoms with Crippen molar-refractivity contribution in [3.8, 4) is 0 Å². The Labute approximate surface area is 94.0 Å². The fourth-order valence-electron chi connectivity index (χ4n) is 2.57. The lowest BCUT2D eigenvalue weighted by atomic mass is 10.1. The average molecular weight is 260 g/mol. The second kappa shape index (κ2) is 4.65. The first-order valence-electron chi connectivity index (χ1n) is 5.72. The highest BCUT2D eigenvalue weighted by Gasteiger charge is 2.29. The summed E-state index contributed by atoms with van der Waals surface area (Å²) in [7, 11) is 0. The van der Waals surface area contributed by atoms with E-state index in [1.807, 2.05) is 0 Å². The Bertz CT molecular complexity index is 213. The van der Waals surface area contributed by atoms with E-state index in [1.165, 1.54) is 25.7 Å². The van der Waals surface area contributed by atoms with Crippen LogP contribution in [0.1, 0.15) is 44.9 Å². The number of carbonyl (C=O) groups excluding carboxylic acids is 1. The number of nitrogens with one attached hydrogen (secondary N) is 1. The third-order valence-corrected chi connectivity index (χ3v) is 4.58. The van der Waals surface area contributed by atoms with Crippen molar-refractivity contribution in [3.05, 3.63) is 0 Å². The van der Waals surface area contributed by atoms with E-state index in [9.17, 15) is 4.79 Å². The molecule has 2 saturated carbocycles. The Hall–Kier alpha value is -0.0500. The zero-order valence-electron chi connectivity index (χ0n) is 8.47. The van der Waals surface area contributed by atoms with Gasteiger partial charge in [0.05, 0.1) is 0 Å². The molecule has 2 unspecified atom stereocenters. The normalized spacial score (nSPS) is 33.5. The van der Waals surface area contributed by atoms with Crippen LogP contribution in [0.5, 0.6) is 0 Å².